The quantitative estimate of drug-likeness (QED) is 0.184. The van der Waals surface area contributed by atoms with Crippen molar-refractivity contribution in [2.75, 3.05) is 0 Å². The topological polar surface area (TPSA) is 50.2 Å². The van der Waals surface area contributed by atoms with Gasteiger partial charge in [-0.2, -0.15) is 0 Å². The molecule has 3 heterocycles. The average Bonchev–Trinajstić information content (AvgIpc) is 3.24. The summed E-state index contributed by atoms with van der Waals surface area (Å²) < 4.78 is 0. The van der Waals surface area contributed by atoms with Crippen LogP contribution in [0, 0.1) is 0 Å². The van der Waals surface area contributed by atoms with E-state index in [1.807, 2.05) is 42.7 Å². The second kappa shape index (κ2) is 13.8. The van der Waals surface area contributed by atoms with Gasteiger partial charge in [0.1, 0.15) is 5.84 Å². The summed E-state index contributed by atoms with van der Waals surface area (Å²) in [7, 11) is 0. The van der Waals surface area contributed by atoms with Crippen molar-refractivity contribution >= 4 is 11.5 Å². The standard InChI is InChI=1S/C48H34N4/c1-3-11-33(12-4-1)39-25-26-43-46(32-39)51-48(52-47(43)38-13-5-2-6-14-38)42-30-40(29-41(31-42)45-16-8-10-28-50-45)36-19-17-34(18-20-36)35-21-23-37(24-22-35)44-15-7-9-27-49-44/h1-32,47H,(H,51,52). The largest absolute Gasteiger partial charge is 0.359 e. The fourth-order valence-electron chi connectivity index (χ4n) is 6.95. The Kier molecular flexibility index (Phi) is 8.24. The molecule has 1 unspecified atom stereocenters. The number of hydrogen-bond donors (Lipinski definition) is 1. The van der Waals surface area contributed by atoms with Gasteiger partial charge < -0.3 is 5.32 Å². The Labute approximate surface area is 303 Å². The molecule has 0 saturated carbocycles. The van der Waals surface area contributed by atoms with E-state index in [9.17, 15) is 0 Å². The maximum Gasteiger partial charge on any atom is 0.134 e. The summed E-state index contributed by atoms with van der Waals surface area (Å²) in [5.41, 5.74) is 15.2. The summed E-state index contributed by atoms with van der Waals surface area (Å²) >= 11 is 0. The first-order valence-electron chi connectivity index (χ1n) is 17.5. The smallest absolute Gasteiger partial charge is 0.134 e. The maximum atomic E-state index is 5.31. The highest BCUT2D eigenvalue weighted by Gasteiger charge is 2.25. The summed E-state index contributed by atoms with van der Waals surface area (Å²) in [5, 5.41) is 3.83. The lowest BCUT2D eigenvalue weighted by molar-refractivity contribution is 0.749. The fourth-order valence-corrected chi connectivity index (χ4v) is 6.95. The number of amidine groups is 1. The molecule has 0 aliphatic carbocycles. The van der Waals surface area contributed by atoms with E-state index in [4.69, 9.17) is 9.98 Å². The molecule has 6 aromatic carbocycles. The number of rotatable bonds is 7. The van der Waals surface area contributed by atoms with E-state index < -0.39 is 0 Å². The van der Waals surface area contributed by atoms with Crippen molar-refractivity contribution in [2.24, 2.45) is 4.99 Å². The molecule has 0 fully saturated rings. The third-order valence-corrected chi connectivity index (χ3v) is 9.66. The second-order valence-electron chi connectivity index (χ2n) is 13.0. The van der Waals surface area contributed by atoms with Crippen LogP contribution < -0.4 is 5.32 Å². The van der Waals surface area contributed by atoms with Crippen LogP contribution in [0.4, 0.5) is 5.69 Å². The molecular formula is C48H34N4. The molecule has 0 amide bonds. The van der Waals surface area contributed by atoms with Crippen LogP contribution in [0.5, 0.6) is 0 Å². The third kappa shape index (κ3) is 6.30. The molecule has 4 heteroatoms. The first kappa shape index (κ1) is 31.1. The van der Waals surface area contributed by atoms with E-state index in [1.54, 1.807) is 0 Å². The molecule has 8 aromatic rings. The van der Waals surface area contributed by atoms with Gasteiger partial charge >= 0.3 is 0 Å². The Balaban J connectivity index is 1.12. The van der Waals surface area contributed by atoms with Crippen LogP contribution in [0.25, 0.3) is 55.9 Å². The number of nitrogens with one attached hydrogen (secondary N) is 1. The van der Waals surface area contributed by atoms with Gasteiger partial charge in [-0.3, -0.25) is 9.97 Å². The van der Waals surface area contributed by atoms with Crippen LogP contribution in [0.1, 0.15) is 22.7 Å². The van der Waals surface area contributed by atoms with Gasteiger partial charge in [0.2, 0.25) is 0 Å². The summed E-state index contributed by atoms with van der Waals surface area (Å²) in [6, 6.07) is 63.8. The van der Waals surface area contributed by atoms with Gasteiger partial charge in [0, 0.05) is 34.6 Å². The van der Waals surface area contributed by atoms with Crippen LogP contribution in [-0.4, -0.2) is 15.8 Å². The van der Waals surface area contributed by atoms with Gasteiger partial charge in [-0.05, 0) is 87.5 Å². The molecule has 4 nitrogen and oxygen atoms in total. The first-order valence-corrected chi connectivity index (χ1v) is 17.5. The number of aliphatic imine (C=N–C) groups is 1. The highest BCUT2D eigenvalue weighted by Crippen LogP contribution is 2.39. The fraction of sp³-hybridized carbons (Fsp3) is 0.0208. The van der Waals surface area contributed by atoms with E-state index in [-0.39, 0.29) is 6.04 Å². The zero-order valence-electron chi connectivity index (χ0n) is 28.4. The van der Waals surface area contributed by atoms with Crippen LogP contribution in [0.15, 0.2) is 199 Å². The highest BCUT2D eigenvalue weighted by molar-refractivity contribution is 6.04. The normalized spacial score (nSPS) is 13.5. The zero-order chi connectivity index (χ0) is 34.7. The molecule has 0 bridgehead atoms. The van der Waals surface area contributed by atoms with Gasteiger partial charge in [-0.25, -0.2) is 4.99 Å². The molecule has 1 aliphatic heterocycles. The minimum absolute atomic E-state index is 0.0566. The lowest BCUT2D eigenvalue weighted by atomic mass is 9.91. The molecule has 52 heavy (non-hydrogen) atoms. The lowest BCUT2D eigenvalue weighted by Gasteiger charge is -2.28. The van der Waals surface area contributed by atoms with Gasteiger partial charge in [0.05, 0.1) is 23.1 Å². The number of fused-ring (bicyclic) bond motifs is 1. The SMILES string of the molecule is c1ccc(-c2ccc3c(c2)N=C(c2cc(-c4ccc(-c5ccc(-c6ccccn6)cc5)cc4)cc(-c4ccccn4)c2)NC3c2ccccc2)cc1. The Morgan fingerprint density at radius 1 is 0.365 bits per heavy atom. The van der Waals surface area contributed by atoms with Crippen LogP contribution in [-0.2, 0) is 0 Å². The van der Waals surface area contributed by atoms with E-state index >= 15 is 0 Å². The summed E-state index contributed by atoms with van der Waals surface area (Å²) in [4.78, 5) is 14.5. The highest BCUT2D eigenvalue weighted by atomic mass is 15.1. The predicted octanol–water partition coefficient (Wildman–Crippen LogP) is 11.6. The molecule has 1 atom stereocenters. The Bertz CT molecular complexity index is 2490. The van der Waals surface area contributed by atoms with Crippen molar-refractivity contribution in [2.45, 2.75) is 6.04 Å². The Morgan fingerprint density at radius 3 is 1.50 bits per heavy atom. The van der Waals surface area contributed by atoms with Crippen LogP contribution in [0.3, 0.4) is 0 Å². The number of nitrogens with zero attached hydrogens (tertiary/aromatic N) is 3. The third-order valence-electron chi connectivity index (χ3n) is 9.66. The number of pyridine rings is 2. The van der Waals surface area contributed by atoms with Crippen molar-refractivity contribution in [3.05, 3.63) is 211 Å². The van der Waals surface area contributed by atoms with Crippen molar-refractivity contribution in [3.8, 4) is 55.9 Å². The van der Waals surface area contributed by atoms with Gasteiger partial charge in [-0.15, -0.1) is 0 Å². The molecule has 9 rings (SSSR count). The zero-order valence-corrected chi connectivity index (χ0v) is 28.4. The number of aromatic nitrogens is 2. The summed E-state index contributed by atoms with van der Waals surface area (Å²) in [5.74, 6) is 0.829. The lowest BCUT2D eigenvalue weighted by Crippen LogP contribution is -2.32. The summed E-state index contributed by atoms with van der Waals surface area (Å²) in [6.45, 7) is 0. The molecule has 1 aliphatic rings. The van der Waals surface area contributed by atoms with E-state index in [1.165, 1.54) is 11.1 Å². The van der Waals surface area contributed by atoms with E-state index in [2.05, 4.69) is 162 Å². The van der Waals surface area contributed by atoms with Crippen molar-refractivity contribution in [1.82, 2.24) is 15.3 Å². The predicted molar refractivity (Wildman–Crippen MR) is 213 cm³/mol. The van der Waals surface area contributed by atoms with E-state index in [0.29, 0.717) is 0 Å². The van der Waals surface area contributed by atoms with Crippen LogP contribution in [0.2, 0.25) is 0 Å². The first-order chi connectivity index (χ1) is 25.7. The summed E-state index contributed by atoms with van der Waals surface area (Å²) in [6.07, 6.45) is 3.67. The van der Waals surface area contributed by atoms with Crippen LogP contribution >= 0.6 is 0 Å². The van der Waals surface area contributed by atoms with Crippen molar-refractivity contribution < 1.29 is 0 Å². The maximum absolute atomic E-state index is 5.31. The molecule has 0 spiro atoms. The molecule has 0 radical (unpaired) electrons. The van der Waals surface area contributed by atoms with Gasteiger partial charge in [-0.1, -0.05) is 133 Å². The minimum Gasteiger partial charge on any atom is -0.359 e. The Morgan fingerprint density at radius 2 is 0.865 bits per heavy atom. The van der Waals surface area contributed by atoms with Gasteiger partial charge in [0.15, 0.2) is 0 Å². The monoisotopic (exact) mass is 666 g/mol. The Hall–Kier alpha value is -6.91. The average molecular weight is 667 g/mol. The second-order valence-corrected chi connectivity index (χ2v) is 13.0. The van der Waals surface area contributed by atoms with Crippen molar-refractivity contribution in [3.63, 3.8) is 0 Å². The van der Waals surface area contributed by atoms with Gasteiger partial charge in [0.25, 0.3) is 0 Å². The number of hydrogen-bond acceptors (Lipinski definition) is 4. The van der Waals surface area contributed by atoms with E-state index in [0.717, 1.165) is 73.0 Å². The minimum atomic E-state index is -0.0566. The molecule has 0 saturated heterocycles. The van der Waals surface area contributed by atoms with Crippen molar-refractivity contribution in [1.29, 1.82) is 0 Å². The molecule has 1 N–H and O–H groups in total. The molecule has 246 valence electrons. The number of benzene rings is 6. The molecule has 2 aromatic heterocycles. The molecular weight excluding hydrogens is 633 g/mol.